The van der Waals surface area contributed by atoms with E-state index in [1.54, 1.807) is 12.4 Å². The van der Waals surface area contributed by atoms with Gasteiger partial charge in [0.15, 0.2) is 5.65 Å². The fourth-order valence-electron chi connectivity index (χ4n) is 4.09. The van der Waals surface area contributed by atoms with Crippen molar-refractivity contribution in [3.05, 3.63) is 53.9 Å². The van der Waals surface area contributed by atoms with Gasteiger partial charge in [0.1, 0.15) is 12.4 Å². The average molecular weight is 452 g/mol. The molecule has 1 aliphatic heterocycles. The van der Waals surface area contributed by atoms with Crippen LogP contribution < -0.4 is 10.1 Å². The number of hydrogen-bond acceptors (Lipinski definition) is 6. The minimum atomic E-state index is -0.161. The van der Waals surface area contributed by atoms with Crippen LogP contribution in [0.4, 0.5) is 0 Å². The summed E-state index contributed by atoms with van der Waals surface area (Å²) in [5.74, 6) is 0.650. The predicted molar refractivity (Wildman–Crippen MR) is 127 cm³/mol. The van der Waals surface area contributed by atoms with Gasteiger partial charge in [-0.25, -0.2) is 9.67 Å². The Hall–Kier alpha value is -2.97. The third kappa shape index (κ3) is 5.89. The summed E-state index contributed by atoms with van der Waals surface area (Å²) in [4.78, 5) is 19.5. The number of pyridine rings is 1. The van der Waals surface area contributed by atoms with Crippen molar-refractivity contribution < 1.29 is 14.3 Å². The Balaban J connectivity index is 1.28. The van der Waals surface area contributed by atoms with Crippen molar-refractivity contribution in [3.63, 3.8) is 0 Å². The van der Waals surface area contributed by atoms with E-state index in [0.717, 1.165) is 54.9 Å². The number of amides is 1. The van der Waals surface area contributed by atoms with Crippen LogP contribution in [-0.4, -0.2) is 65.0 Å². The number of fused-ring (bicyclic) bond motifs is 1. The first-order valence-electron chi connectivity index (χ1n) is 11.6. The van der Waals surface area contributed by atoms with E-state index in [-0.39, 0.29) is 11.9 Å². The maximum atomic E-state index is 12.7. The average Bonchev–Trinajstić information content (AvgIpc) is 3.27. The zero-order chi connectivity index (χ0) is 23.2. The fourth-order valence-corrected chi connectivity index (χ4v) is 4.09. The molecule has 8 heteroatoms. The second kappa shape index (κ2) is 10.8. The number of carbonyl (C=O) groups is 1. The molecule has 0 aliphatic carbocycles. The highest BCUT2D eigenvalue weighted by Crippen LogP contribution is 2.18. The van der Waals surface area contributed by atoms with Gasteiger partial charge in [0.05, 0.1) is 11.8 Å². The molecule has 0 spiro atoms. The topological polar surface area (TPSA) is 81.5 Å². The zero-order valence-corrected chi connectivity index (χ0v) is 19.7. The van der Waals surface area contributed by atoms with Crippen molar-refractivity contribution in [2.45, 2.75) is 45.3 Å². The molecule has 1 saturated heterocycles. The largest absolute Gasteiger partial charge is 0.492 e. The van der Waals surface area contributed by atoms with Gasteiger partial charge in [-0.1, -0.05) is 12.1 Å². The van der Waals surface area contributed by atoms with E-state index < -0.39 is 0 Å². The van der Waals surface area contributed by atoms with Gasteiger partial charge < -0.3 is 14.8 Å². The summed E-state index contributed by atoms with van der Waals surface area (Å²) in [6, 6.07) is 10.5. The molecule has 8 nitrogen and oxygen atoms in total. The lowest BCUT2D eigenvalue weighted by Gasteiger charge is -2.31. The second-order valence-corrected chi connectivity index (χ2v) is 8.82. The summed E-state index contributed by atoms with van der Waals surface area (Å²) >= 11 is 0. The lowest BCUT2D eigenvalue weighted by molar-refractivity contribution is 0.0392. The molecule has 4 rings (SSSR count). The Morgan fingerprint density at radius 3 is 2.88 bits per heavy atom. The normalized spacial score (nSPS) is 14.8. The monoisotopic (exact) mass is 451 g/mol. The minimum Gasteiger partial charge on any atom is -0.492 e. The van der Waals surface area contributed by atoms with E-state index in [1.165, 1.54) is 0 Å². The Bertz CT molecular complexity index is 1070. The number of carbonyl (C=O) groups excluding carboxylic acids is 1. The van der Waals surface area contributed by atoms with Crippen LogP contribution in [0.15, 0.2) is 42.7 Å². The lowest BCUT2D eigenvalue weighted by Crippen LogP contribution is -2.38. The van der Waals surface area contributed by atoms with E-state index in [0.29, 0.717) is 24.8 Å². The Kier molecular flexibility index (Phi) is 7.57. The Labute approximate surface area is 194 Å². The number of aromatic nitrogens is 3. The molecule has 0 atom stereocenters. The standard InChI is InChI=1S/C25H33N5O3/c1-18(2)30-24-20(17-28-30)14-21(16-26-24)25(31)27-15-19-5-4-6-23(13-19)33-12-9-29(3)22-7-10-32-11-8-22/h4-6,13-14,16-18,22H,7-12,15H2,1-3H3,(H,27,31). The summed E-state index contributed by atoms with van der Waals surface area (Å²) < 4.78 is 13.3. The molecule has 0 radical (unpaired) electrons. The minimum absolute atomic E-state index is 0.161. The van der Waals surface area contributed by atoms with Gasteiger partial charge in [-0.3, -0.25) is 9.69 Å². The quantitative estimate of drug-likeness (QED) is 0.537. The molecular formula is C25H33N5O3. The Morgan fingerprint density at radius 2 is 2.09 bits per heavy atom. The molecule has 0 saturated carbocycles. The van der Waals surface area contributed by atoms with Crippen LogP contribution in [0.2, 0.25) is 0 Å². The van der Waals surface area contributed by atoms with Gasteiger partial charge in [0.2, 0.25) is 0 Å². The first kappa shape index (κ1) is 23.2. The SMILES string of the molecule is CC(C)n1ncc2cc(C(=O)NCc3cccc(OCCN(C)C4CCOCC4)c3)cnc21. The van der Waals surface area contributed by atoms with Crippen molar-refractivity contribution in [3.8, 4) is 5.75 Å². The van der Waals surface area contributed by atoms with Crippen molar-refractivity contribution in [1.82, 2.24) is 25.0 Å². The Morgan fingerprint density at radius 1 is 1.27 bits per heavy atom. The fraction of sp³-hybridized carbons (Fsp3) is 0.480. The number of hydrogen-bond donors (Lipinski definition) is 1. The molecule has 33 heavy (non-hydrogen) atoms. The van der Waals surface area contributed by atoms with Crippen LogP contribution in [0.5, 0.6) is 5.75 Å². The lowest BCUT2D eigenvalue weighted by atomic mass is 10.1. The number of rotatable bonds is 9. The third-order valence-electron chi connectivity index (χ3n) is 6.06. The molecule has 2 aromatic heterocycles. The molecule has 0 unspecified atom stereocenters. The van der Waals surface area contributed by atoms with Gasteiger partial charge in [0, 0.05) is 50.0 Å². The molecule has 1 N–H and O–H groups in total. The van der Waals surface area contributed by atoms with Crippen molar-refractivity contribution in [1.29, 1.82) is 0 Å². The van der Waals surface area contributed by atoms with Crippen LogP contribution in [-0.2, 0) is 11.3 Å². The highest BCUT2D eigenvalue weighted by Gasteiger charge is 2.18. The molecular weight excluding hydrogens is 418 g/mol. The highest BCUT2D eigenvalue weighted by atomic mass is 16.5. The maximum Gasteiger partial charge on any atom is 0.253 e. The van der Waals surface area contributed by atoms with Crippen LogP contribution in [0.3, 0.4) is 0 Å². The third-order valence-corrected chi connectivity index (χ3v) is 6.06. The van der Waals surface area contributed by atoms with Crippen LogP contribution in [0.25, 0.3) is 11.0 Å². The van der Waals surface area contributed by atoms with Gasteiger partial charge in [-0.15, -0.1) is 0 Å². The van der Waals surface area contributed by atoms with Crippen LogP contribution in [0, 0.1) is 0 Å². The van der Waals surface area contributed by atoms with E-state index in [4.69, 9.17) is 9.47 Å². The molecule has 176 valence electrons. The van der Waals surface area contributed by atoms with E-state index in [2.05, 4.69) is 41.2 Å². The summed E-state index contributed by atoms with van der Waals surface area (Å²) in [6.45, 7) is 7.70. The van der Waals surface area contributed by atoms with Crippen molar-refractivity contribution in [2.24, 2.45) is 0 Å². The van der Waals surface area contributed by atoms with E-state index in [1.807, 2.05) is 35.0 Å². The molecule has 3 heterocycles. The number of benzene rings is 1. The van der Waals surface area contributed by atoms with E-state index in [9.17, 15) is 4.79 Å². The molecule has 1 amide bonds. The summed E-state index contributed by atoms with van der Waals surface area (Å²) in [5.41, 5.74) is 2.29. The molecule has 1 fully saturated rings. The van der Waals surface area contributed by atoms with Crippen LogP contribution >= 0.6 is 0 Å². The summed E-state index contributed by atoms with van der Waals surface area (Å²) in [5, 5.41) is 8.19. The van der Waals surface area contributed by atoms with Gasteiger partial charge in [0.25, 0.3) is 5.91 Å². The predicted octanol–water partition coefficient (Wildman–Crippen LogP) is 3.43. The first-order valence-corrected chi connectivity index (χ1v) is 11.6. The van der Waals surface area contributed by atoms with Crippen molar-refractivity contribution in [2.75, 3.05) is 33.4 Å². The number of likely N-dealkylation sites (N-methyl/N-ethyl adjacent to an activating group) is 1. The number of ether oxygens (including phenoxy) is 2. The second-order valence-electron chi connectivity index (χ2n) is 8.82. The van der Waals surface area contributed by atoms with Gasteiger partial charge >= 0.3 is 0 Å². The number of nitrogens with one attached hydrogen (secondary N) is 1. The highest BCUT2D eigenvalue weighted by molar-refractivity contribution is 5.96. The molecule has 0 bridgehead atoms. The first-order chi connectivity index (χ1) is 16.0. The van der Waals surface area contributed by atoms with Crippen LogP contribution in [0.1, 0.15) is 48.7 Å². The van der Waals surface area contributed by atoms with Crippen molar-refractivity contribution >= 4 is 16.9 Å². The molecule has 1 aliphatic rings. The zero-order valence-electron chi connectivity index (χ0n) is 19.7. The molecule has 1 aromatic carbocycles. The van der Waals surface area contributed by atoms with Gasteiger partial charge in [-0.05, 0) is 57.5 Å². The van der Waals surface area contributed by atoms with E-state index >= 15 is 0 Å². The summed E-state index contributed by atoms with van der Waals surface area (Å²) in [6.07, 6.45) is 5.51. The smallest absolute Gasteiger partial charge is 0.253 e. The molecule has 3 aromatic rings. The summed E-state index contributed by atoms with van der Waals surface area (Å²) in [7, 11) is 2.14. The number of nitrogens with zero attached hydrogens (tertiary/aromatic N) is 4. The van der Waals surface area contributed by atoms with Gasteiger partial charge in [-0.2, -0.15) is 5.10 Å². The maximum absolute atomic E-state index is 12.7.